The van der Waals surface area contributed by atoms with Crippen molar-refractivity contribution in [2.24, 2.45) is 5.92 Å². The van der Waals surface area contributed by atoms with Gasteiger partial charge in [-0.1, -0.05) is 25.7 Å². The average molecular weight is 245 g/mol. The van der Waals surface area contributed by atoms with Gasteiger partial charge in [0.25, 0.3) is 5.78 Å². The zero-order valence-electron chi connectivity index (χ0n) is 10.8. The Kier molecular flexibility index (Phi) is 3.13. The van der Waals surface area contributed by atoms with Crippen molar-refractivity contribution in [3.63, 3.8) is 0 Å². The molecule has 0 saturated heterocycles. The normalized spacial score (nSPS) is 16.5. The third-order valence-corrected chi connectivity index (χ3v) is 3.71. The fourth-order valence-electron chi connectivity index (χ4n) is 2.76. The van der Waals surface area contributed by atoms with Gasteiger partial charge in [0.05, 0.1) is 0 Å². The monoisotopic (exact) mass is 245 g/mol. The van der Waals surface area contributed by atoms with Gasteiger partial charge in [-0.2, -0.15) is 14.6 Å². The van der Waals surface area contributed by atoms with Crippen molar-refractivity contribution in [2.75, 3.05) is 11.9 Å². The fourth-order valence-corrected chi connectivity index (χ4v) is 2.76. The molecular formula is C13H19N5. The molecule has 2 aromatic rings. The highest BCUT2D eigenvalue weighted by Crippen LogP contribution is 2.27. The van der Waals surface area contributed by atoms with E-state index in [-0.39, 0.29) is 0 Å². The summed E-state index contributed by atoms with van der Waals surface area (Å²) in [6.45, 7) is 2.99. The first-order chi connectivity index (χ1) is 8.83. The Morgan fingerprint density at radius 1 is 1.39 bits per heavy atom. The molecule has 2 aromatic heterocycles. The third-order valence-electron chi connectivity index (χ3n) is 3.71. The summed E-state index contributed by atoms with van der Waals surface area (Å²) in [6.07, 6.45) is 8.41. The molecule has 1 saturated carbocycles. The highest BCUT2D eigenvalue weighted by atomic mass is 15.3. The summed E-state index contributed by atoms with van der Waals surface area (Å²) in [5.41, 5.74) is 0.971. The summed E-state index contributed by atoms with van der Waals surface area (Å²) in [6, 6.07) is 2.02. The van der Waals surface area contributed by atoms with Crippen molar-refractivity contribution < 1.29 is 0 Å². The van der Waals surface area contributed by atoms with Gasteiger partial charge >= 0.3 is 0 Å². The molecule has 1 aliphatic rings. The molecule has 18 heavy (non-hydrogen) atoms. The molecule has 0 aromatic carbocycles. The molecule has 0 atom stereocenters. The van der Waals surface area contributed by atoms with Gasteiger partial charge in [0.15, 0.2) is 0 Å². The standard InChI is InChI=1S/C13H19N5/c1-10-8-12(18-13(17-10)15-9-16-18)14-7-6-11-4-2-3-5-11/h8-9,11,14H,2-7H2,1H3. The van der Waals surface area contributed by atoms with Crippen LogP contribution in [0, 0.1) is 12.8 Å². The number of rotatable bonds is 4. The van der Waals surface area contributed by atoms with Crippen LogP contribution in [-0.2, 0) is 0 Å². The molecule has 1 aliphatic carbocycles. The van der Waals surface area contributed by atoms with Crippen LogP contribution in [0.2, 0.25) is 0 Å². The van der Waals surface area contributed by atoms with Crippen LogP contribution in [0.15, 0.2) is 12.4 Å². The van der Waals surface area contributed by atoms with E-state index in [0.29, 0.717) is 5.78 Å². The van der Waals surface area contributed by atoms with Crippen molar-refractivity contribution in [1.29, 1.82) is 0 Å². The van der Waals surface area contributed by atoms with Crippen LogP contribution in [0.25, 0.3) is 5.78 Å². The molecule has 5 nitrogen and oxygen atoms in total. The number of anilines is 1. The van der Waals surface area contributed by atoms with Crippen LogP contribution in [0.4, 0.5) is 5.82 Å². The number of aryl methyl sites for hydroxylation is 1. The first-order valence-corrected chi connectivity index (χ1v) is 6.74. The first kappa shape index (κ1) is 11.4. The Bertz CT molecular complexity index is 527. The lowest BCUT2D eigenvalue weighted by molar-refractivity contribution is 0.518. The molecule has 2 heterocycles. The van der Waals surface area contributed by atoms with E-state index in [1.807, 2.05) is 13.0 Å². The van der Waals surface area contributed by atoms with Crippen molar-refractivity contribution in [2.45, 2.75) is 39.0 Å². The van der Waals surface area contributed by atoms with Gasteiger partial charge in [-0.3, -0.25) is 0 Å². The molecule has 0 amide bonds. The Balaban J connectivity index is 1.67. The van der Waals surface area contributed by atoms with E-state index in [4.69, 9.17) is 0 Å². The molecule has 0 aliphatic heterocycles. The minimum atomic E-state index is 0.665. The van der Waals surface area contributed by atoms with Crippen molar-refractivity contribution in [3.05, 3.63) is 18.1 Å². The number of fused-ring (bicyclic) bond motifs is 1. The van der Waals surface area contributed by atoms with Gasteiger partial charge in [-0.05, 0) is 19.3 Å². The molecule has 1 fully saturated rings. The summed E-state index contributed by atoms with van der Waals surface area (Å²) in [5, 5.41) is 7.65. The highest BCUT2D eigenvalue weighted by Gasteiger charge is 2.14. The van der Waals surface area contributed by atoms with Crippen LogP contribution in [-0.4, -0.2) is 26.1 Å². The quantitative estimate of drug-likeness (QED) is 0.898. The average Bonchev–Trinajstić information content (AvgIpc) is 2.98. The minimum Gasteiger partial charge on any atom is -0.370 e. The van der Waals surface area contributed by atoms with E-state index < -0.39 is 0 Å². The van der Waals surface area contributed by atoms with Gasteiger partial charge in [0.2, 0.25) is 0 Å². The smallest absolute Gasteiger partial charge is 0.254 e. The minimum absolute atomic E-state index is 0.665. The van der Waals surface area contributed by atoms with E-state index in [0.717, 1.165) is 24.0 Å². The van der Waals surface area contributed by atoms with E-state index in [1.165, 1.54) is 32.1 Å². The number of hydrogen-bond donors (Lipinski definition) is 1. The van der Waals surface area contributed by atoms with Crippen LogP contribution < -0.4 is 5.32 Å². The molecule has 0 radical (unpaired) electrons. The van der Waals surface area contributed by atoms with Gasteiger partial charge in [-0.15, -0.1) is 0 Å². The second kappa shape index (κ2) is 4.92. The predicted octanol–water partition coefficient (Wildman–Crippen LogP) is 2.42. The maximum atomic E-state index is 4.33. The Labute approximate surface area is 107 Å². The molecule has 0 unspecified atom stereocenters. The molecule has 0 bridgehead atoms. The zero-order chi connectivity index (χ0) is 12.4. The van der Waals surface area contributed by atoms with Gasteiger partial charge in [0.1, 0.15) is 12.1 Å². The number of aromatic nitrogens is 4. The highest BCUT2D eigenvalue weighted by molar-refractivity contribution is 5.44. The second-order valence-electron chi connectivity index (χ2n) is 5.12. The second-order valence-corrected chi connectivity index (χ2v) is 5.12. The van der Waals surface area contributed by atoms with Gasteiger partial charge in [0, 0.05) is 18.3 Å². The summed E-state index contributed by atoms with van der Waals surface area (Å²) in [7, 11) is 0. The Morgan fingerprint density at radius 3 is 3.06 bits per heavy atom. The summed E-state index contributed by atoms with van der Waals surface area (Å²) >= 11 is 0. The lowest BCUT2D eigenvalue weighted by Gasteiger charge is -2.11. The first-order valence-electron chi connectivity index (χ1n) is 6.74. The fraction of sp³-hybridized carbons (Fsp3) is 0.615. The van der Waals surface area contributed by atoms with E-state index in [1.54, 1.807) is 10.8 Å². The number of nitrogens with one attached hydrogen (secondary N) is 1. The van der Waals surface area contributed by atoms with Crippen molar-refractivity contribution in [1.82, 2.24) is 19.6 Å². The Hall–Kier alpha value is -1.65. The lowest BCUT2D eigenvalue weighted by Crippen LogP contribution is -2.10. The molecule has 1 N–H and O–H groups in total. The molecular weight excluding hydrogens is 226 g/mol. The van der Waals surface area contributed by atoms with E-state index >= 15 is 0 Å². The van der Waals surface area contributed by atoms with Crippen molar-refractivity contribution >= 4 is 11.6 Å². The lowest BCUT2D eigenvalue weighted by atomic mass is 10.0. The molecule has 96 valence electrons. The van der Waals surface area contributed by atoms with Crippen LogP contribution in [0.1, 0.15) is 37.8 Å². The summed E-state index contributed by atoms with van der Waals surface area (Å²) in [5.74, 6) is 2.57. The SMILES string of the molecule is Cc1cc(NCCC2CCCC2)n2ncnc2n1. The van der Waals surface area contributed by atoms with Crippen molar-refractivity contribution in [3.8, 4) is 0 Å². The largest absolute Gasteiger partial charge is 0.370 e. The van der Waals surface area contributed by atoms with E-state index in [9.17, 15) is 0 Å². The molecule has 3 rings (SSSR count). The van der Waals surface area contributed by atoms with Crippen LogP contribution in [0.3, 0.4) is 0 Å². The molecule has 0 spiro atoms. The zero-order valence-corrected chi connectivity index (χ0v) is 10.8. The summed E-state index contributed by atoms with van der Waals surface area (Å²) < 4.78 is 1.77. The predicted molar refractivity (Wildman–Crippen MR) is 70.6 cm³/mol. The van der Waals surface area contributed by atoms with Gasteiger partial charge < -0.3 is 5.32 Å². The molecule has 5 heteroatoms. The van der Waals surface area contributed by atoms with Gasteiger partial charge in [-0.25, -0.2) is 4.98 Å². The number of nitrogens with zero attached hydrogens (tertiary/aromatic N) is 4. The maximum Gasteiger partial charge on any atom is 0.254 e. The number of hydrogen-bond acceptors (Lipinski definition) is 4. The maximum absolute atomic E-state index is 4.33. The van der Waals surface area contributed by atoms with Crippen LogP contribution >= 0.6 is 0 Å². The van der Waals surface area contributed by atoms with Crippen LogP contribution in [0.5, 0.6) is 0 Å². The topological polar surface area (TPSA) is 55.1 Å². The summed E-state index contributed by atoms with van der Waals surface area (Å²) in [4.78, 5) is 8.46. The third kappa shape index (κ3) is 2.30. The van der Waals surface area contributed by atoms with E-state index in [2.05, 4.69) is 20.4 Å². The Morgan fingerprint density at radius 2 is 2.22 bits per heavy atom.